The van der Waals surface area contributed by atoms with Crippen molar-refractivity contribution < 1.29 is 23.1 Å². The molecule has 1 N–H and O–H groups in total. The molecule has 0 aliphatic carbocycles. The van der Waals surface area contributed by atoms with Gasteiger partial charge in [0, 0.05) is 25.6 Å². The van der Waals surface area contributed by atoms with Gasteiger partial charge >= 0.3 is 0 Å². The van der Waals surface area contributed by atoms with E-state index in [1.54, 1.807) is 24.3 Å². The minimum Gasteiger partial charge on any atom is -0.494 e. The maximum Gasteiger partial charge on any atom is 0.226 e. The molecule has 0 radical (unpaired) electrons. The van der Waals surface area contributed by atoms with E-state index >= 15 is 0 Å². The molecule has 0 aliphatic rings. The zero-order valence-electron chi connectivity index (χ0n) is 14.6. The Bertz CT molecular complexity index is 759. The van der Waals surface area contributed by atoms with Gasteiger partial charge in [0.25, 0.3) is 0 Å². The number of hydrogen-bond donors (Lipinski definition) is 1. The molecule has 26 heavy (non-hydrogen) atoms. The highest BCUT2D eigenvalue weighted by Crippen LogP contribution is 2.21. The smallest absolute Gasteiger partial charge is 0.226 e. The molecule has 5 nitrogen and oxygen atoms in total. The average molecular weight is 362 g/mol. The van der Waals surface area contributed by atoms with Crippen LogP contribution in [-0.2, 0) is 9.59 Å². The fourth-order valence-electron chi connectivity index (χ4n) is 2.39. The van der Waals surface area contributed by atoms with Crippen molar-refractivity contribution in [1.82, 2.24) is 0 Å². The van der Waals surface area contributed by atoms with Gasteiger partial charge in [-0.05, 0) is 43.3 Å². The monoisotopic (exact) mass is 362 g/mol. The molecule has 0 fully saturated rings. The van der Waals surface area contributed by atoms with E-state index in [9.17, 15) is 18.4 Å². The molecule has 2 amide bonds. The Morgan fingerprint density at radius 1 is 1.08 bits per heavy atom. The number of carbonyl (C=O) groups is 2. The summed E-state index contributed by atoms with van der Waals surface area (Å²) >= 11 is 0. The van der Waals surface area contributed by atoms with Gasteiger partial charge in [0.15, 0.2) is 0 Å². The van der Waals surface area contributed by atoms with E-state index in [1.807, 2.05) is 6.92 Å². The third-order valence-electron chi connectivity index (χ3n) is 3.63. The van der Waals surface area contributed by atoms with Crippen molar-refractivity contribution in [3.63, 3.8) is 0 Å². The first-order chi connectivity index (χ1) is 12.4. The molecule has 7 heteroatoms. The number of carbonyl (C=O) groups excluding carboxylic acids is 2. The van der Waals surface area contributed by atoms with E-state index in [2.05, 4.69) is 5.32 Å². The molecule has 0 saturated carbocycles. The highest BCUT2D eigenvalue weighted by Gasteiger charge is 2.16. The number of anilines is 2. The standard InChI is InChI=1S/C19H20F2N2O3/c1-3-26-15-9-7-14(8-10-15)23(13(2)24)12-11-18(25)22-19-16(20)5-4-6-17(19)21/h4-10H,3,11-12H2,1-2H3,(H,22,25). The summed E-state index contributed by atoms with van der Waals surface area (Å²) in [4.78, 5) is 25.3. The summed E-state index contributed by atoms with van der Waals surface area (Å²) < 4.78 is 32.5. The normalized spacial score (nSPS) is 10.3. The molecule has 0 bridgehead atoms. The van der Waals surface area contributed by atoms with E-state index in [4.69, 9.17) is 4.74 Å². The number of nitrogens with one attached hydrogen (secondary N) is 1. The lowest BCUT2D eigenvalue weighted by molar-refractivity contribution is -0.117. The maximum absolute atomic E-state index is 13.6. The minimum absolute atomic E-state index is 0.0746. The fraction of sp³-hybridized carbons (Fsp3) is 0.263. The second-order valence-corrected chi connectivity index (χ2v) is 5.49. The van der Waals surface area contributed by atoms with E-state index in [0.29, 0.717) is 18.0 Å². The Morgan fingerprint density at radius 2 is 1.69 bits per heavy atom. The van der Waals surface area contributed by atoms with Crippen molar-refractivity contribution in [3.8, 4) is 5.75 Å². The number of nitrogens with zero attached hydrogens (tertiary/aromatic N) is 1. The molecule has 0 heterocycles. The predicted molar refractivity (Wildman–Crippen MR) is 95.2 cm³/mol. The van der Waals surface area contributed by atoms with Crippen LogP contribution in [0.5, 0.6) is 5.75 Å². The first-order valence-corrected chi connectivity index (χ1v) is 8.17. The van der Waals surface area contributed by atoms with Crippen molar-refractivity contribution in [1.29, 1.82) is 0 Å². The molecule has 2 aromatic rings. The number of benzene rings is 2. The molecular weight excluding hydrogens is 342 g/mol. The lowest BCUT2D eigenvalue weighted by atomic mass is 10.2. The molecule has 0 atom stereocenters. The summed E-state index contributed by atoms with van der Waals surface area (Å²) in [6, 6.07) is 10.2. The van der Waals surface area contributed by atoms with Crippen LogP contribution >= 0.6 is 0 Å². The van der Waals surface area contributed by atoms with Crippen LogP contribution in [-0.4, -0.2) is 25.0 Å². The molecule has 0 aromatic heterocycles. The second-order valence-electron chi connectivity index (χ2n) is 5.49. The SMILES string of the molecule is CCOc1ccc(N(CCC(=O)Nc2c(F)cccc2F)C(C)=O)cc1. The second kappa shape index (κ2) is 8.94. The first kappa shape index (κ1) is 19.4. The van der Waals surface area contributed by atoms with Gasteiger partial charge in [-0.2, -0.15) is 0 Å². The van der Waals surface area contributed by atoms with Gasteiger partial charge in [-0.25, -0.2) is 8.78 Å². The summed E-state index contributed by atoms with van der Waals surface area (Å²) in [5, 5.41) is 2.20. The van der Waals surface area contributed by atoms with Crippen LogP contribution in [0.4, 0.5) is 20.2 Å². The van der Waals surface area contributed by atoms with E-state index < -0.39 is 23.2 Å². The zero-order chi connectivity index (χ0) is 19.1. The van der Waals surface area contributed by atoms with Crippen LogP contribution in [0, 0.1) is 11.6 Å². The van der Waals surface area contributed by atoms with Gasteiger partial charge in [0.05, 0.1) is 6.61 Å². The Labute approximate surface area is 150 Å². The van der Waals surface area contributed by atoms with Crippen LogP contribution < -0.4 is 15.0 Å². The summed E-state index contributed by atoms with van der Waals surface area (Å²) in [6.07, 6.45) is -0.111. The summed E-state index contributed by atoms with van der Waals surface area (Å²) in [7, 11) is 0. The number of hydrogen-bond acceptors (Lipinski definition) is 3. The maximum atomic E-state index is 13.6. The molecule has 2 rings (SSSR count). The van der Waals surface area contributed by atoms with Gasteiger partial charge < -0.3 is 15.0 Å². The summed E-state index contributed by atoms with van der Waals surface area (Å²) in [5.41, 5.74) is 0.110. The van der Waals surface area contributed by atoms with Crippen LogP contribution in [0.3, 0.4) is 0 Å². The first-order valence-electron chi connectivity index (χ1n) is 8.17. The Hall–Kier alpha value is -2.96. The van der Waals surface area contributed by atoms with Gasteiger partial charge in [-0.3, -0.25) is 9.59 Å². The van der Waals surface area contributed by atoms with Crippen molar-refractivity contribution in [2.24, 2.45) is 0 Å². The minimum atomic E-state index is -0.853. The molecule has 138 valence electrons. The Balaban J connectivity index is 2.02. The van der Waals surface area contributed by atoms with Crippen molar-refractivity contribution in [2.75, 3.05) is 23.4 Å². The number of halogens is 2. The zero-order valence-corrected chi connectivity index (χ0v) is 14.6. The largest absolute Gasteiger partial charge is 0.494 e. The van der Waals surface area contributed by atoms with Crippen LogP contribution in [0.2, 0.25) is 0 Å². The molecule has 0 spiro atoms. The van der Waals surface area contributed by atoms with Gasteiger partial charge in [-0.15, -0.1) is 0 Å². The van der Waals surface area contributed by atoms with Crippen molar-refractivity contribution in [2.45, 2.75) is 20.3 Å². The highest BCUT2D eigenvalue weighted by molar-refractivity contribution is 5.94. The summed E-state index contributed by atoms with van der Waals surface area (Å²) in [6.45, 7) is 3.85. The number of rotatable bonds is 7. The predicted octanol–water partition coefficient (Wildman–Crippen LogP) is 3.75. The highest BCUT2D eigenvalue weighted by atomic mass is 19.1. The Morgan fingerprint density at radius 3 is 2.23 bits per heavy atom. The van der Waals surface area contributed by atoms with E-state index in [1.165, 1.54) is 17.9 Å². The molecular formula is C19H20F2N2O3. The average Bonchev–Trinajstić information content (AvgIpc) is 2.60. The number of para-hydroxylation sites is 1. The van der Waals surface area contributed by atoms with Gasteiger partial charge in [0.1, 0.15) is 23.1 Å². The third-order valence-corrected chi connectivity index (χ3v) is 3.63. The molecule has 2 aromatic carbocycles. The molecule has 0 saturated heterocycles. The van der Waals surface area contributed by atoms with E-state index in [0.717, 1.165) is 12.1 Å². The van der Waals surface area contributed by atoms with Gasteiger partial charge in [-0.1, -0.05) is 6.07 Å². The van der Waals surface area contributed by atoms with E-state index in [-0.39, 0.29) is 18.9 Å². The lowest BCUT2D eigenvalue weighted by Crippen LogP contribution is -2.32. The topological polar surface area (TPSA) is 58.6 Å². The summed E-state index contributed by atoms with van der Waals surface area (Å²) in [5.74, 6) is -1.88. The van der Waals surface area contributed by atoms with Crippen LogP contribution in [0.15, 0.2) is 42.5 Å². The van der Waals surface area contributed by atoms with Crippen molar-refractivity contribution >= 4 is 23.2 Å². The van der Waals surface area contributed by atoms with Crippen molar-refractivity contribution in [3.05, 3.63) is 54.1 Å². The lowest BCUT2D eigenvalue weighted by Gasteiger charge is -2.21. The molecule has 0 aliphatic heterocycles. The number of amides is 2. The van der Waals surface area contributed by atoms with Crippen LogP contribution in [0.25, 0.3) is 0 Å². The molecule has 0 unspecified atom stereocenters. The number of ether oxygens (including phenoxy) is 1. The van der Waals surface area contributed by atoms with Gasteiger partial charge in [0.2, 0.25) is 11.8 Å². The Kier molecular flexibility index (Phi) is 6.66. The fourth-order valence-corrected chi connectivity index (χ4v) is 2.39. The quantitative estimate of drug-likeness (QED) is 0.816. The third kappa shape index (κ3) is 5.02. The van der Waals surface area contributed by atoms with Crippen LogP contribution in [0.1, 0.15) is 20.3 Å².